The van der Waals surface area contributed by atoms with Gasteiger partial charge in [-0.1, -0.05) is 16.9 Å². The first-order valence-corrected chi connectivity index (χ1v) is 7.05. The van der Waals surface area contributed by atoms with E-state index >= 15 is 0 Å². The molecule has 0 bridgehead atoms. The molecule has 0 radical (unpaired) electrons. The zero-order valence-electron chi connectivity index (χ0n) is 8.33. The molecule has 0 aromatic rings. The van der Waals surface area contributed by atoms with E-state index in [1.54, 1.807) is 0 Å². The van der Waals surface area contributed by atoms with Crippen LogP contribution in [0.1, 0.15) is 0 Å². The highest BCUT2D eigenvalue weighted by atomic mass is 33.1. The summed E-state index contributed by atoms with van der Waals surface area (Å²) in [6.07, 6.45) is -9.78. The van der Waals surface area contributed by atoms with E-state index in [0.29, 0.717) is 10.8 Å². The van der Waals surface area contributed by atoms with Crippen molar-refractivity contribution < 1.29 is 36.2 Å². The first-order valence-electron chi connectivity index (χ1n) is 4.30. The topological polar surface area (TPSA) is 37.3 Å². The smallest absolute Gasteiger partial charge is 0.404 e. The minimum atomic E-state index is -5.43. The van der Waals surface area contributed by atoms with Crippen LogP contribution in [0.15, 0.2) is 11.5 Å². The van der Waals surface area contributed by atoms with Crippen LogP contribution in [0, 0.1) is 5.92 Å². The van der Waals surface area contributed by atoms with Crippen molar-refractivity contribution in [1.29, 1.82) is 0 Å². The highest BCUT2D eigenvalue weighted by Crippen LogP contribution is 2.46. The summed E-state index contributed by atoms with van der Waals surface area (Å²) < 4.78 is 73.4. The third kappa shape index (κ3) is 3.94. The minimum Gasteiger partial charge on any atom is -0.480 e. The Bertz CT molecular complexity index is 383. The first-order chi connectivity index (χ1) is 8.01. The lowest BCUT2D eigenvalue weighted by molar-refractivity contribution is -0.258. The maximum atomic E-state index is 12.2. The molecule has 1 rings (SSSR count). The van der Waals surface area contributed by atoms with Crippen LogP contribution in [-0.4, -0.2) is 34.0 Å². The second-order valence-corrected chi connectivity index (χ2v) is 6.84. The standard InChI is InChI=1S/C8H6F6O2S2/c9-7(10,11)5(8(12,13)14)3-18-2-1-4(17-18)6(15)16/h1-5H,(H,15,16). The van der Waals surface area contributed by atoms with Crippen LogP contribution in [-0.2, 0) is 4.79 Å². The largest absolute Gasteiger partial charge is 0.480 e. The van der Waals surface area contributed by atoms with Gasteiger partial charge in [0.15, 0.2) is 5.92 Å². The molecule has 2 nitrogen and oxygen atoms in total. The number of hydrogen-bond donors (Lipinski definition) is 1. The number of carboxylic acid groups (broad SMARTS) is 1. The Morgan fingerprint density at radius 1 is 1.28 bits per heavy atom. The Hall–Kier alpha value is -0.640. The summed E-state index contributed by atoms with van der Waals surface area (Å²) in [7, 11) is -0.970. The molecule has 0 amide bonds. The van der Waals surface area contributed by atoms with Crippen LogP contribution in [0.5, 0.6) is 0 Å². The molecule has 0 aromatic carbocycles. The van der Waals surface area contributed by atoms with Crippen molar-refractivity contribution in [3.63, 3.8) is 0 Å². The zero-order valence-corrected chi connectivity index (χ0v) is 9.96. The predicted octanol–water partition coefficient (Wildman–Crippen LogP) is 3.43. The van der Waals surface area contributed by atoms with Crippen LogP contribution >= 0.6 is 20.3 Å². The Morgan fingerprint density at radius 3 is 2.11 bits per heavy atom. The van der Waals surface area contributed by atoms with Gasteiger partial charge in [0.25, 0.3) is 0 Å². The molecule has 104 valence electrons. The number of hydrogen-bond acceptors (Lipinski definition) is 2. The molecular formula is C8H6F6O2S2. The number of carbonyl (C=O) groups is 1. The van der Waals surface area contributed by atoms with E-state index in [9.17, 15) is 31.1 Å². The predicted molar refractivity (Wildman–Crippen MR) is 57.4 cm³/mol. The number of rotatable bonds is 2. The van der Waals surface area contributed by atoms with Crippen LogP contribution in [0.3, 0.4) is 0 Å². The molecule has 1 N–H and O–H groups in total. The van der Waals surface area contributed by atoms with E-state index in [2.05, 4.69) is 0 Å². The van der Waals surface area contributed by atoms with Gasteiger partial charge in [-0.2, -0.15) is 26.3 Å². The van der Waals surface area contributed by atoms with Gasteiger partial charge in [-0.3, -0.25) is 4.79 Å². The molecule has 18 heavy (non-hydrogen) atoms. The fraction of sp³-hybridized carbons (Fsp3) is 0.500. The van der Waals surface area contributed by atoms with E-state index < -0.39 is 39.0 Å². The Morgan fingerprint density at radius 2 is 1.78 bits per heavy atom. The van der Waals surface area contributed by atoms with E-state index in [0.717, 1.165) is 11.5 Å². The summed E-state index contributed by atoms with van der Waals surface area (Å²) in [6.45, 7) is 0. The second-order valence-electron chi connectivity index (χ2n) is 3.21. The van der Waals surface area contributed by atoms with Crippen molar-refractivity contribution in [3.05, 3.63) is 11.5 Å². The maximum Gasteiger partial charge on any atom is 0.404 e. The molecule has 1 aliphatic heterocycles. The number of alkyl halides is 6. The summed E-state index contributed by atoms with van der Waals surface area (Å²) in [6, 6.07) is 0. The van der Waals surface area contributed by atoms with Crippen molar-refractivity contribution in [2.45, 2.75) is 17.6 Å². The van der Waals surface area contributed by atoms with Crippen molar-refractivity contribution in [3.8, 4) is 0 Å². The van der Waals surface area contributed by atoms with Gasteiger partial charge in [0, 0.05) is 0 Å². The van der Waals surface area contributed by atoms with Crippen LogP contribution < -0.4 is 0 Å². The lowest BCUT2D eigenvalue weighted by atomic mass is 10.2. The highest BCUT2D eigenvalue weighted by Gasteiger charge is 2.55. The van der Waals surface area contributed by atoms with Crippen LogP contribution in [0.2, 0.25) is 0 Å². The fourth-order valence-corrected chi connectivity index (χ4v) is 4.75. The highest BCUT2D eigenvalue weighted by molar-refractivity contribution is 8.85. The molecule has 0 spiro atoms. The van der Waals surface area contributed by atoms with Gasteiger partial charge in [-0.05, 0) is 10.8 Å². The summed E-state index contributed by atoms with van der Waals surface area (Å²) in [5.41, 5.74) is 0. The van der Waals surface area contributed by atoms with E-state index in [1.807, 2.05) is 0 Å². The van der Waals surface area contributed by atoms with Gasteiger partial charge in [0.05, 0.1) is 0 Å². The molecule has 10 heteroatoms. The molecule has 0 aliphatic carbocycles. The van der Waals surface area contributed by atoms with Crippen LogP contribution in [0.25, 0.3) is 0 Å². The fourth-order valence-electron chi connectivity index (χ4n) is 1.01. The van der Waals surface area contributed by atoms with E-state index in [4.69, 9.17) is 5.11 Å². The van der Waals surface area contributed by atoms with Gasteiger partial charge in [0.1, 0.15) is 5.25 Å². The maximum absolute atomic E-state index is 12.2. The average Bonchev–Trinajstić information content (AvgIpc) is 2.58. The van der Waals surface area contributed by atoms with E-state index in [-0.39, 0.29) is 5.37 Å². The SMILES string of the molecule is O=C(O)C1C=CS(=CC(C(F)(F)F)C(F)(F)F)S1. The average molecular weight is 312 g/mol. The molecule has 0 saturated carbocycles. The summed E-state index contributed by atoms with van der Waals surface area (Å²) in [5.74, 6) is -4.84. The Balaban J connectivity index is 2.93. The van der Waals surface area contributed by atoms with Gasteiger partial charge in [0.2, 0.25) is 0 Å². The van der Waals surface area contributed by atoms with Crippen molar-refractivity contribution in [1.82, 2.24) is 0 Å². The van der Waals surface area contributed by atoms with Crippen molar-refractivity contribution in [2.75, 3.05) is 0 Å². The third-order valence-electron chi connectivity index (χ3n) is 1.82. The zero-order chi connectivity index (χ0) is 14.1. The van der Waals surface area contributed by atoms with Gasteiger partial charge >= 0.3 is 18.3 Å². The van der Waals surface area contributed by atoms with Gasteiger partial charge in [-0.25, -0.2) is 0 Å². The molecule has 0 saturated heterocycles. The number of halogens is 6. The lowest BCUT2D eigenvalue weighted by Crippen LogP contribution is -2.37. The monoisotopic (exact) mass is 312 g/mol. The molecule has 2 unspecified atom stereocenters. The van der Waals surface area contributed by atoms with Crippen molar-refractivity contribution in [2.24, 2.45) is 5.92 Å². The first kappa shape index (κ1) is 15.4. The summed E-state index contributed by atoms with van der Waals surface area (Å²) >= 11 is 0. The minimum absolute atomic E-state index is 0.101. The molecule has 0 aromatic heterocycles. The second kappa shape index (κ2) is 5.16. The van der Waals surface area contributed by atoms with Crippen LogP contribution in [0.4, 0.5) is 26.3 Å². The van der Waals surface area contributed by atoms with Crippen molar-refractivity contribution >= 4 is 31.6 Å². The number of aliphatic carboxylic acids is 1. The summed E-state index contributed by atoms with van der Waals surface area (Å²) in [5, 5.41) is 8.60. The Labute approximate surface area is 103 Å². The van der Waals surface area contributed by atoms with Gasteiger partial charge in [-0.15, -0.1) is 9.52 Å². The summed E-state index contributed by atoms with van der Waals surface area (Å²) in [4.78, 5) is 10.5. The van der Waals surface area contributed by atoms with Gasteiger partial charge < -0.3 is 5.11 Å². The Kier molecular flexibility index (Phi) is 4.42. The van der Waals surface area contributed by atoms with E-state index in [1.165, 1.54) is 0 Å². The molecule has 1 aliphatic rings. The number of carboxylic acids is 1. The third-order valence-corrected chi connectivity index (χ3v) is 5.53. The molecule has 2 atom stereocenters. The quantitative estimate of drug-likeness (QED) is 0.482. The molecule has 1 heterocycles. The molecular weight excluding hydrogens is 306 g/mol. The normalized spacial score (nSPS) is 25.1. The lowest BCUT2D eigenvalue weighted by Gasteiger charge is -2.20. The molecule has 0 fully saturated rings.